The number of carboxylic acids is 1. The van der Waals surface area contributed by atoms with Crippen LogP contribution in [-0.2, 0) is 7.05 Å². The summed E-state index contributed by atoms with van der Waals surface area (Å²) < 4.78 is 1.55. The molecule has 0 bridgehead atoms. The van der Waals surface area contributed by atoms with Gasteiger partial charge in [-0.3, -0.25) is 9.78 Å². The molecule has 3 heterocycles. The smallest absolute Gasteiger partial charge is 0.354 e. The molecule has 0 unspecified atom stereocenters. The van der Waals surface area contributed by atoms with Gasteiger partial charge in [0.05, 0.1) is 11.2 Å². The number of phenols is 1. The van der Waals surface area contributed by atoms with Gasteiger partial charge < -0.3 is 14.8 Å². The van der Waals surface area contributed by atoms with Crippen LogP contribution in [0.2, 0.25) is 0 Å². The second-order valence-corrected chi connectivity index (χ2v) is 8.41. The number of benzene rings is 2. The van der Waals surface area contributed by atoms with E-state index in [-0.39, 0.29) is 17.0 Å². The maximum atomic E-state index is 12.4. The number of carbonyl (C=O) groups is 1. The molecule has 0 saturated carbocycles. The summed E-state index contributed by atoms with van der Waals surface area (Å²) in [5, 5.41) is 22.3. The van der Waals surface area contributed by atoms with Crippen LogP contribution in [0.1, 0.15) is 21.6 Å². The molecule has 0 saturated heterocycles. The van der Waals surface area contributed by atoms with Gasteiger partial charge in [0.15, 0.2) is 5.69 Å². The van der Waals surface area contributed by atoms with Crippen molar-refractivity contribution in [2.45, 2.75) is 13.8 Å². The largest absolute Gasteiger partial charge is 0.508 e. The topological polar surface area (TPSA) is 105 Å². The number of hydrogen-bond acceptors (Lipinski definition) is 5. The fourth-order valence-corrected chi connectivity index (χ4v) is 4.43. The first-order valence-corrected chi connectivity index (χ1v) is 10.7. The zero-order valence-electron chi connectivity index (χ0n) is 18.8. The number of hydrogen-bond donors (Lipinski definition) is 2. The van der Waals surface area contributed by atoms with Gasteiger partial charge in [-0.25, -0.2) is 9.78 Å². The van der Waals surface area contributed by atoms with E-state index in [1.807, 2.05) is 30.3 Å². The lowest BCUT2D eigenvalue weighted by atomic mass is 9.94. The fourth-order valence-electron chi connectivity index (χ4n) is 4.43. The van der Waals surface area contributed by atoms with Crippen molar-refractivity contribution < 1.29 is 15.0 Å². The molecular formula is C27H21N3O4. The van der Waals surface area contributed by atoms with Crippen molar-refractivity contribution in [3.05, 3.63) is 88.1 Å². The molecule has 0 spiro atoms. The van der Waals surface area contributed by atoms with Crippen LogP contribution in [0, 0.1) is 13.8 Å². The number of aromatic nitrogens is 3. The number of pyridine rings is 3. The Balaban J connectivity index is 1.72. The van der Waals surface area contributed by atoms with E-state index < -0.39 is 5.97 Å². The van der Waals surface area contributed by atoms with Crippen LogP contribution in [-0.4, -0.2) is 30.7 Å². The number of carboxylic acid groups (broad SMARTS) is 1. The molecule has 2 N–H and O–H groups in total. The molecule has 7 heteroatoms. The van der Waals surface area contributed by atoms with Crippen molar-refractivity contribution in [1.29, 1.82) is 0 Å². The quantitative estimate of drug-likeness (QED) is 0.407. The van der Waals surface area contributed by atoms with Crippen LogP contribution < -0.4 is 5.56 Å². The third-order valence-electron chi connectivity index (χ3n) is 6.14. The van der Waals surface area contributed by atoms with E-state index in [0.29, 0.717) is 22.3 Å². The summed E-state index contributed by atoms with van der Waals surface area (Å²) in [6, 6.07) is 14.7. The minimum atomic E-state index is -1.06. The summed E-state index contributed by atoms with van der Waals surface area (Å²) in [5.41, 5.74) is 4.83. The first-order chi connectivity index (χ1) is 16.2. The van der Waals surface area contributed by atoms with E-state index in [2.05, 4.69) is 9.97 Å². The number of rotatable bonds is 3. The lowest BCUT2D eigenvalue weighted by Crippen LogP contribution is -2.19. The van der Waals surface area contributed by atoms with Crippen LogP contribution in [0.3, 0.4) is 0 Å². The zero-order valence-corrected chi connectivity index (χ0v) is 18.8. The van der Waals surface area contributed by atoms with Gasteiger partial charge in [-0.15, -0.1) is 0 Å². The Bertz CT molecular complexity index is 1700. The standard InChI is InChI=1S/C27H21N3O4/c1-14-7-17(12-29-25(14)27(33)34)23-9-16-5-4-6-19(22(16)13-28-23)20-10-18(31)11-24-21(20)8-15(2)26(32)30(24)3/h4-13,31H,1-3H3,(H,33,34). The minimum Gasteiger partial charge on any atom is -0.508 e. The number of nitrogens with zero attached hydrogens (tertiary/aromatic N) is 3. The molecule has 0 fully saturated rings. The fraction of sp³-hybridized carbons (Fsp3) is 0.111. The van der Waals surface area contributed by atoms with Crippen molar-refractivity contribution in [3.63, 3.8) is 0 Å². The summed E-state index contributed by atoms with van der Waals surface area (Å²) in [4.78, 5) is 32.4. The average molecular weight is 451 g/mol. The van der Waals surface area contributed by atoms with Gasteiger partial charge in [0, 0.05) is 47.4 Å². The predicted octanol–water partition coefficient (Wildman–Crippen LogP) is 4.84. The molecular weight excluding hydrogens is 430 g/mol. The van der Waals surface area contributed by atoms with Crippen LogP contribution in [0.4, 0.5) is 0 Å². The van der Waals surface area contributed by atoms with E-state index in [9.17, 15) is 19.8 Å². The first kappa shape index (κ1) is 21.3. The molecule has 168 valence electrons. The molecule has 7 nitrogen and oxygen atoms in total. The van der Waals surface area contributed by atoms with Crippen molar-refractivity contribution in [2.24, 2.45) is 7.05 Å². The summed E-state index contributed by atoms with van der Waals surface area (Å²) in [5.74, 6) is -0.991. The van der Waals surface area contributed by atoms with Gasteiger partial charge in [0.2, 0.25) is 0 Å². The third kappa shape index (κ3) is 3.38. The first-order valence-electron chi connectivity index (χ1n) is 10.7. The second kappa shape index (κ2) is 7.81. The van der Waals surface area contributed by atoms with Gasteiger partial charge in [0.1, 0.15) is 5.75 Å². The van der Waals surface area contributed by atoms with Crippen LogP contribution >= 0.6 is 0 Å². The Kier molecular flexibility index (Phi) is 4.90. The summed E-state index contributed by atoms with van der Waals surface area (Å²) >= 11 is 0. The third-order valence-corrected chi connectivity index (χ3v) is 6.14. The summed E-state index contributed by atoms with van der Waals surface area (Å²) in [6.45, 7) is 3.49. The Morgan fingerprint density at radius 3 is 2.44 bits per heavy atom. The van der Waals surface area contributed by atoms with Gasteiger partial charge >= 0.3 is 5.97 Å². The van der Waals surface area contributed by atoms with Crippen molar-refractivity contribution >= 4 is 27.6 Å². The maximum absolute atomic E-state index is 12.4. The van der Waals surface area contributed by atoms with Gasteiger partial charge in [-0.2, -0.15) is 0 Å². The highest BCUT2D eigenvalue weighted by molar-refractivity contribution is 6.05. The van der Waals surface area contributed by atoms with Gasteiger partial charge in [0.25, 0.3) is 5.56 Å². The van der Waals surface area contributed by atoms with Crippen LogP contribution in [0.25, 0.3) is 44.1 Å². The number of aryl methyl sites for hydroxylation is 3. The number of aromatic carboxylic acids is 1. The SMILES string of the molecule is Cc1cc(-c2cc3cccc(-c4cc(O)cc5c4cc(C)c(=O)n5C)c3cn2)cnc1C(=O)O. The van der Waals surface area contributed by atoms with Crippen molar-refractivity contribution in [1.82, 2.24) is 14.5 Å². The Labute approximate surface area is 194 Å². The number of phenolic OH excluding ortho intramolecular Hbond substituents is 1. The predicted molar refractivity (Wildman–Crippen MR) is 131 cm³/mol. The highest BCUT2D eigenvalue weighted by atomic mass is 16.4. The van der Waals surface area contributed by atoms with Gasteiger partial charge in [-0.05, 0) is 60.2 Å². The summed E-state index contributed by atoms with van der Waals surface area (Å²) in [7, 11) is 1.70. The van der Waals surface area contributed by atoms with E-state index in [4.69, 9.17) is 0 Å². The molecule has 0 amide bonds. The summed E-state index contributed by atoms with van der Waals surface area (Å²) in [6.07, 6.45) is 3.28. The molecule has 0 radical (unpaired) electrons. The molecule has 0 aliphatic heterocycles. The zero-order chi connectivity index (χ0) is 24.1. The Morgan fingerprint density at radius 2 is 1.71 bits per heavy atom. The molecule has 5 aromatic rings. The molecule has 2 aromatic carbocycles. The Morgan fingerprint density at radius 1 is 0.912 bits per heavy atom. The van der Waals surface area contributed by atoms with Crippen LogP contribution in [0.15, 0.2) is 65.7 Å². The van der Waals surface area contributed by atoms with Crippen molar-refractivity contribution in [2.75, 3.05) is 0 Å². The van der Waals surface area contributed by atoms with E-state index in [0.717, 1.165) is 32.8 Å². The molecule has 0 aliphatic rings. The Hall–Kier alpha value is -4.52. The maximum Gasteiger partial charge on any atom is 0.354 e. The molecule has 0 atom stereocenters. The molecule has 5 rings (SSSR count). The van der Waals surface area contributed by atoms with E-state index in [1.165, 1.54) is 6.20 Å². The van der Waals surface area contributed by atoms with E-state index in [1.54, 1.807) is 49.9 Å². The minimum absolute atomic E-state index is 0.0206. The lowest BCUT2D eigenvalue weighted by Gasteiger charge is -2.14. The average Bonchev–Trinajstić information content (AvgIpc) is 2.82. The number of aromatic hydroxyl groups is 1. The second-order valence-electron chi connectivity index (χ2n) is 8.41. The normalized spacial score (nSPS) is 11.3. The number of fused-ring (bicyclic) bond motifs is 2. The highest BCUT2D eigenvalue weighted by Crippen LogP contribution is 2.37. The monoisotopic (exact) mass is 451 g/mol. The van der Waals surface area contributed by atoms with E-state index >= 15 is 0 Å². The van der Waals surface area contributed by atoms with Crippen molar-refractivity contribution in [3.8, 4) is 28.1 Å². The van der Waals surface area contributed by atoms with Crippen LogP contribution in [0.5, 0.6) is 5.75 Å². The van der Waals surface area contributed by atoms with Gasteiger partial charge in [-0.1, -0.05) is 18.2 Å². The lowest BCUT2D eigenvalue weighted by molar-refractivity contribution is 0.0689. The molecule has 0 aliphatic carbocycles. The highest BCUT2D eigenvalue weighted by Gasteiger charge is 2.15. The molecule has 34 heavy (non-hydrogen) atoms. The molecule has 3 aromatic heterocycles.